The summed E-state index contributed by atoms with van der Waals surface area (Å²) >= 11 is 0. The Labute approximate surface area is 241 Å². The third-order valence-electron chi connectivity index (χ3n) is 7.46. The predicted octanol–water partition coefficient (Wildman–Crippen LogP) is 5.31. The van der Waals surface area contributed by atoms with Gasteiger partial charge in [0.1, 0.15) is 11.4 Å². The zero-order chi connectivity index (χ0) is 29.8. The maximum Gasteiger partial charge on any atom is 0.397 e. The number of rotatable bonds is 15. The molecule has 2 fully saturated rings. The number of hydrogen-bond acceptors (Lipinski definition) is 7. The molecule has 230 valence electrons. The van der Waals surface area contributed by atoms with Gasteiger partial charge in [0.15, 0.2) is 0 Å². The molecule has 0 unspecified atom stereocenters. The van der Waals surface area contributed by atoms with Gasteiger partial charge in [0.25, 0.3) is 0 Å². The lowest BCUT2D eigenvalue weighted by molar-refractivity contribution is 0.0694. The molecule has 1 aliphatic carbocycles. The van der Waals surface area contributed by atoms with E-state index in [2.05, 4.69) is 16.4 Å². The number of benzene rings is 1. The molecule has 1 saturated heterocycles. The summed E-state index contributed by atoms with van der Waals surface area (Å²) in [5, 5.41) is 12.6. The van der Waals surface area contributed by atoms with Crippen LogP contribution in [0.1, 0.15) is 100 Å². The zero-order valence-electron chi connectivity index (χ0n) is 23.9. The predicted molar refractivity (Wildman–Crippen MR) is 158 cm³/mol. The highest BCUT2D eigenvalue weighted by molar-refractivity contribution is 7.80. The minimum absolute atomic E-state index is 0.0926. The van der Waals surface area contributed by atoms with Gasteiger partial charge in [-0.2, -0.15) is 8.42 Å². The van der Waals surface area contributed by atoms with E-state index in [0.717, 1.165) is 38.8 Å². The molecule has 4 rings (SSSR count). The molecule has 1 saturated carbocycles. The summed E-state index contributed by atoms with van der Waals surface area (Å²) < 4.78 is 49.4. The van der Waals surface area contributed by atoms with E-state index in [1.807, 2.05) is 9.47 Å². The van der Waals surface area contributed by atoms with E-state index in [0.29, 0.717) is 30.7 Å². The molecule has 12 heteroatoms. The van der Waals surface area contributed by atoms with Crippen molar-refractivity contribution in [2.45, 2.75) is 90.0 Å². The lowest BCUT2D eigenvalue weighted by Gasteiger charge is -2.30. The molecule has 0 atom stereocenters. The van der Waals surface area contributed by atoms with Gasteiger partial charge in [-0.05, 0) is 31.4 Å². The molecule has 0 bridgehead atoms. The summed E-state index contributed by atoms with van der Waals surface area (Å²) in [6.07, 6.45) is 15.1. The number of hydrogen-bond donors (Lipinski definition) is 3. The molecule has 2 aromatic rings. The number of unbranched alkanes of at least 4 members (excludes halogenated alkanes) is 9. The van der Waals surface area contributed by atoms with Gasteiger partial charge < -0.3 is 19.9 Å². The van der Waals surface area contributed by atoms with E-state index in [9.17, 15) is 27.5 Å². The molecule has 2 heterocycles. The highest BCUT2D eigenvalue weighted by atomic mass is 32.3. The van der Waals surface area contributed by atoms with Gasteiger partial charge in [-0.1, -0.05) is 64.7 Å². The summed E-state index contributed by atoms with van der Waals surface area (Å²) in [6, 6.07) is 3.08. The summed E-state index contributed by atoms with van der Waals surface area (Å²) in [4.78, 5) is 25.7. The molecule has 1 aliphatic heterocycles. The van der Waals surface area contributed by atoms with E-state index in [4.69, 9.17) is 4.55 Å². The molecular formula is C29H44FN3O7S. The second-order valence-corrected chi connectivity index (χ2v) is 11.9. The van der Waals surface area contributed by atoms with Gasteiger partial charge in [0.05, 0.1) is 17.8 Å². The summed E-state index contributed by atoms with van der Waals surface area (Å²) in [5.74, 6) is -1.76. The monoisotopic (exact) mass is 597 g/mol. The third-order valence-corrected chi connectivity index (χ3v) is 7.92. The average Bonchev–Trinajstić information content (AvgIpc) is 3.77. The molecule has 10 nitrogen and oxygen atoms in total. The molecular weight excluding hydrogens is 553 g/mol. The number of carbonyl (C=O) groups is 1. The van der Waals surface area contributed by atoms with Crippen molar-refractivity contribution < 1.29 is 31.4 Å². The van der Waals surface area contributed by atoms with E-state index in [-0.39, 0.29) is 23.6 Å². The van der Waals surface area contributed by atoms with Crippen molar-refractivity contribution in [2.75, 3.05) is 37.7 Å². The van der Waals surface area contributed by atoms with Gasteiger partial charge in [0, 0.05) is 43.8 Å². The van der Waals surface area contributed by atoms with Crippen LogP contribution in [0.25, 0.3) is 10.9 Å². The Morgan fingerprint density at radius 1 is 1.02 bits per heavy atom. The molecule has 0 spiro atoms. The molecule has 0 radical (unpaired) electrons. The van der Waals surface area contributed by atoms with Gasteiger partial charge in [0.2, 0.25) is 5.43 Å². The van der Waals surface area contributed by atoms with Crippen LogP contribution in [0.3, 0.4) is 0 Å². The number of anilines is 1. The molecule has 41 heavy (non-hydrogen) atoms. The Balaban J connectivity index is 0.000000242. The van der Waals surface area contributed by atoms with Crippen LogP contribution in [0.15, 0.2) is 23.1 Å². The largest absolute Gasteiger partial charge is 0.477 e. The standard InChI is InChI=1S/C17H18FN3O3.C12H26O4S/c18-13-7-11-14(8-15(13)20-5-3-19-4-6-20)21(10-1-2-10)9-12(16(11)22)17(23)24;1-2-3-4-5-6-7-8-9-10-11-12-16-17(13,14)15/h7-10,19H,1-6H2,(H,23,24);2-12H2,1H3,(H,13,14,15). The van der Waals surface area contributed by atoms with Crippen LogP contribution < -0.4 is 15.6 Å². The molecule has 3 N–H and O–H groups in total. The van der Waals surface area contributed by atoms with E-state index in [1.165, 1.54) is 57.2 Å². The summed E-state index contributed by atoms with van der Waals surface area (Å²) in [5.41, 5.74) is 0.159. The van der Waals surface area contributed by atoms with Crippen LogP contribution >= 0.6 is 0 Å². The van der Waals surface area contributed by atoms with Crippen molar-refractivity contribution in [3.05, 3.63) is 39.9 Å². The number of pyridine rings is 1. The SMILES string of the molecule is CCCCCCCCCCCCOS(=O)(=O)O.O=C(O)c1cn(C2CC2)c2cc(N3CCNCC3)c(F)cc2c1=O. The van der Waals surface area contributed by atoms with Crippen molar-refractivity contribution in [1.29, 1.82) is 0 Å². The summed E-state index contributed by atoms with van der Waals surface area (Å²) in [6.45, 7) is 5.27. The fourth-order valence-electron chi connectivity index (χ4n) is 5.07. The topological polar surface area (TPSA) is 138 Å². The number of aromatic nitrogens is 1. The van der Waals surface area contributed by atoms with E-state index in [1.54, 1.807) is 6.07 Å². The Morgan fingerprint density at radius 2 is 1.61 bits per heavy atom. The number of halogens is 1. The highest BCUT2D eigenvalue weighted by Crippen LogP contribution is 2.38. The minimum Gasteiger partial charge on any atom is -0.477 e. The van der Waals surface area contributed by atoms with E-state index >= 15 is 0 Å². The number of fused-ring (bicyclic) bond motifs is 1. The number of carboxylic acids is 1. The van der Waals surface area contributed by atoms with Crippen LogP contribution in [0, 0.1) is 5.82 Å². The maximum absolute atomic E-state index is 14.6. The first kappa shape index (κ1) is 33.0. The third kappa shape index (κ3) is 10.7. The lowest BCUT2D eigenvalue weighted by Crippen LogP contribution is -2.43. The first-order valence-corrected chi connectivity index (χ1v) is 16.2. The van der Waals surface area contributed by atoms with Crippen molar-refractivity contribution in [1.82, 2.24) is 9.88 Å². The zero-order valence-corrected chi connectivity index (χ0v) is 24.8. The highest BCUT2D eigenvalue weighted by Gasteiger charge is 2.28. The quantitative estimate of drug-likeness (QED) is 0.184. The van der Waals surface area contributed by atoms with Gasteiger partial charge in [-0.25, -0.2) is 13.4 Å². The Bertz CT molecular complexity index is 1310. The van der Waals surface area contributed by atoms with Crippen LogP contribution in [-0.2, 0) is 14.6 Å². The fraction of sp³-hybridized carbons (Fsp3) is 0.655. The van der Waals surface area contributed by atoms with Crippen molar-refractivity contribution in [2.24, 2.45) is 0 Å². The molecule has 1 aromatic carbocycles. The average molecular weight is 598 g/mol. The number of nitrogens with one attached hydrogen (secondary N) is 1. The number of nitrogens with zero attached hydrogens (tertiary/aromatic N) is 2. The molecule has 2 aliphatic rings. The number of carboxylic acid groups (broad SMARTS) is 1. The van der Waals surface area contributed by atoms with Crippen LogP contribution in [0.5, 0.6) is 0 Å². The first-order valence-electron chi connectivity index (χ1n) is 14.8. The van der Waals surface area contributed by atoms with Crippen LogP contribution in [0.4, 0.5) is 10.1 Å². The molecule has 1 aromatic heterocycles. The number of aromatic carboxylic acids is 1. The second kappa shape index (κ2) is 16.2. The normalized spacial score (nSPS) is 15.5. The summed E-state index contributed by atoms with van der Waals surface area (Å²) in [7, 11) is -4.23. The Hall–Kier alpha value is -2.54. The van der Waals surface area contributed by atoms with Gasteiger partial charge in [-0.3, -0.25) is 9.35 Å². The van der Waals surface area contributed by atoms with Crippen molar-refractivity contribution in [3.8, 4) is 0 Å². The van der Waals surface area contributed by atoms with Gasteiger partial charge >= 0.3 is 16.4 Å². The van der Waals surface area contributed by atoms with Crippen LogP contribution in [-0.4, -0.2) is 61.4 Å². The first-order chi connectivity index (χ1) is 19.6. The van der Waals surface area contributed by atoms with Crippen molar-refractivity contribution in [3.63, 3.8) is 0 Å². The minimum atomic E-state index is -4.23. The lowest BCUT2D eigenvalue weighted by atomic mass is 10.1. The fourth-order valence-corrected chi connectivity index (χ4v) is 5.40. The van der Waals surface area contributed by atoms with Gasteiger partial charge in [-0.15, -0.1) is 0 Å². The second-order valence-electron chi connectivity index (χ2n) is 10.8. The smallest absolute Gasteiger partial charge is 0.397 e. The number of piperazine rings is 1. The van der Waals surface area contributed by atoms with E-state index < -0.39 is 27.6 Å². The molecule has 0 amide bonds. The Kier molecular flexibility index (Phi) is 13.0. The maximum atomic E-state index is 14.6. The van der Waals surface area contributed by atoms with Crippen LogP contribution in [0.2, 0.25) is 0 Å². The Morgan fingerprint density at radius 3 is 2.15 bits per heavy atom. The van der Waals surface area contributed by atoms with Crippen molar-refractivity contribution >= 4 is 33.0 Å².